The van der Waals surface area contributed by atoms with Gasteiger partial charge in [-0.25, -0.2) is 9.67 Å². The van der Waals surface area contributed by atoms with Gasteiger partial charge in [0.15, 0.2) is 0 Å². The highest BCUT2D eigenvalue weighted by atomic mass is 35.5. The van der Waals surface area contributed by atoms with E-state index in [0.29, 0.717) is 27.4 Å². The van der Waals surface area contributed by atoms with Gasteiger partial charge >= 0.3 is 0 Å². The predicted octanol–water partition coefficient (Wildman–Crippen LogP) is 3.06. The summed E-state index contributed by atoms with van der Waals surface area (Å²) in [6.07, 6.45) is 3.38. The van der Waals surface area contributed by atoms with Crippen LogP contribution in [0, 0.1) is 0 Å². The second kappa shape index (κ2) is 5.82. The van der Waals surface area contributed by atoms with Crippen LogP contribution in [0.1, 0.15) is 12.2 Å². The summed E-state index contributed by atoms with van der Waals surface area (Å²) >= 11 is 12.0. The molecule has 1 aliphatic rings. The Labute approximate surface area is 141 Å². The van der Waals surface area contributed by atoms with Crippen molar-refractivity contribution in [1.29, 1.82) is 0 Å². The molecule has 0 aliphatic carbocycles. The summed E-state index contributed by atoms with van der Waals surface area (Å²) in [5.41, 5.74) is 0.685. The SMILES string of the molecule is Clc1cc(Cl)cc(-c2nc(NC3CCc4ncnn4C3)no2)c1. The number of nitrogens with one attached hydrogen (secondary N) is 1. The maximum Gasteiger partial charge on any atom is 0.264 e. The van der Waals surface area contributed by atoms with E-state index >= 15 is 0 Å². The molecule has 1 aliphatic heterocycles. The van der Waals surface area contributed by atoms with Crippen LogP contribution in [-0.4, -0.2) is 30.9 Å². The van der Waals surface area contributed by atoms with E-state index in [-0.39, 0.29) is 6.04 Å². The molecule has 1 aromatic carbocycles. The topological polar surface area (TPSA) is 81.7 Å². The molecule has 1 unspecified atom stereocenters. The molecule has 2 aromatic heterocycles. The van der Waals surface area contributed by atoms with Gasteiger partial charge in [-0.2, -0.15) is 10.1 Å². The summed E-state index contributed by atoms with van der Waals surface area (Å²) in [5, 5.41) is 12.5. The zero-order chi connectivity index (χ0) is 15.8. The number of hydrogen-bond donors (Lipinski definition) is 1. The fraction of sp³-hybridized carbons (Fsp3) is 0.286. The lowest BCUT2D eigenvalue weighted by molar-refractivity contribution is 0.420. The van der Waals surface area contributed by atoms with E-state index in [1.807, 2.05) is 4.68 Å². The van der Waals surface area contributed by atoms with Crippen molar-refractivity contribution >= 4 is 29.2 Å². The Balaban J connectivity index is 1.50. The standard InChI is InChI=1S/C14H12Cl2N6O/c15-9-3-8(4-10(16)5-9)13-20-14(21-23-13)19-11-1-2-12-17-7-18-22(12)6-11/h3-5,7,11H,1-2,6H2,(H,19,21). The summed E-state index contributed by atoms with van der Waals surface area (Å²) < 4.78 is 7.17. The molecule has 0 fully saturated rings. The van der Waals surface area contributed by atoms with Gasteiger partial charge in [-0.1, -0.05) is 23.2 Å². The van der Waals surface area contributed by atoms with Crippen molar-refractivity contribution in [1.82, 2.24) is 24.9 Å². The molecule has 1 atom stereocenters. The average Bonchev–Trinajstić information content (AvgIpc) is 3.14. The molecule has 3 heterocycles. The van der Waals surface area contributed by atoms with E-state index in [4.69, 9.17) is 27.7 Å². The largest absolute Gasteiger partial charge is 0.347 e. The maximum absolute atomic E-state index is 5.99. The molecule has 1 N–H and O–H groups in total. The molecule has 3 aromatic rings. The molecule has 9 heteroatoms. The van der Waals surface area contributed by atoms with Gasteiger partial charge in [-0.15, -0.1) is 0 Å². The Morgan fingerprint density at radius 3 is 2.87 bits per heavy atom. The summed E-state index contributed by atoms with van der Waals surface area (Å²) in [6, 6.07) is 5.29. The first-order chi connectivity index (χ1) is 11.2. The van der Waals surface area contributed by atoms with E-state index in [1.54, 1.807) is 24.5 Å². The van der Waals surface area contributed by atoms with E-state index in [0.717, 1.165) is 25.2 Å². The molecular formula is C14H12Cl2N6O. The summed E-state index contributed by atoms with van der Waals surface area (Å²) in [4.78, 5) is 8.56. The average molecular weight is 351 g/mol. The van der Waals surface area contributed by atoms with Gasteiger partial charge < -0.3 is 9.84 Å². The molecule has 0 saturated carbocycles. The number of anilines is 1. The Kier molecular flexibility index (Phi) is 3.66. The molecule has 4 rings (SSSR count). The van der Waals surface area contributed by atoms with Crippen molar-refractivity contribution in [2.24, 2.45) is 0 Å². The van der Waals surface area contributed by atoms with Crippen LogP contribution in [0.5, 0.6) is 0 Å². The fourth-order valence-corrected chi connectivity index (χ4v) is 3.14. The lowest BCUT2D eigenvalue weighted by Crippen LogP contribution is -2.32. The van der Waals surface area contributed by atoms with E-state index in [1.165, 1.54) is 0 Å². The minimum atomic E-state index is 0.178. The van der Waals surface area contributed by atoms with Gasteiger partial charge in [-0.3, -0.25) is 0 Å². The van der Waals surface area contributed by atoms with Crippen LogP contribution in [0.3, 0.4) is 0 Å². The third-order valence-electron chi connectivity index (χ3n) is 3.67. The number of aryl methyl sites for hydroxylation is 1. The highest BCUT2D eigenvalue weighted by Crippen LogP contribution is 2.27. The second-order valence-corrected chi connectivity index (χ2v) is 6.19. The van der Waals surface area contributed by atoms with Crippen LogP contribution >= 0.6 is 23.2 Å². The monoisotopic (exact) mass is 350 g/mol. The number of fused-ring (bicyclic) bond motifs is 1. The lowest BCUT2D eigenvalue weighted by Gasteiger charge is -2.22. The minimum absolute atomic E-state index is 0.178. The van der Waals surface area contributed by atoms with Crippen LogP contribution in [0.2, 0.25) is 10.0 Å². The zero-order valence-electron chi connectivity index (χ0n) is 11.9. The van der Waals surface area contributed by atoms with Crippen molar-refractivity contribution in [2.45, 2.75) is 25.4 Å². The van der Waals surface area contributed by atoms with E-state index in [9.17, 15) is 0 Å². The maximum atomic E-state index is 5.99. The Bertz CT molecular complexity index is 825. The molecule has 0 radical (unpaired) electrons. The van der Waals surface area contributed by atoms with Crippen LogP contribution in [0.4, 0.5) is 5.95 Å². The molecule has 0 amide bonds. The Hall–Kier alpha value is -2.12. The zero-order valence-corrected chi connectivity index (χ0v) is 13.4. The van der Waals surface area contributed by atoms with Gasteiger partial charge in [0, 0.05) is 28.1 Å². The number of rotatable bonds is 3. The van der Waals surface area contributed by atoms with Crippen molar-refractivity contribution < 1.29 is 4.52 Å². The van der Waals surface area contributed by atoms with Gasteiger partial charge in [-0.05, 0) is 29.8 Å². The smallest absolute Gasteiger partial charge is 0.264 e. The quantitative estimate of drug-likeness (QED) is 0.781. The molecule has 0 saturated heterocycles. The number of benzene rings is 1. The van der Waals surface area contributed by atoms with Crippen LogP contribution < -0.4 is 5.32 Å². The highest BCUT2D eigenvalue weighted by Gasteiger charge is 2.21. The molecular weight excluding hydrogens is 339 g/mol. The fourth-order valence-electron chi connectivity index (χ4n) is 2.61. The summed E-state index contributed by atoms with van der Waals surface area (Å²) in [6.45, 7) is 0.724. The minimum Gasteiger partial charge on any atom is -0.347 e. The first-order valence-electron chi connectivity index (χ1n) is 7.11. The summed E-state index contributed by atoms with van der Waals surface area (Å²) in [7, 11) is 0. The highest BCUT2D eigenvalue weighted by molar-refractivity contribution is 6.35. The van der Waals surface area contributed by atoms with E-state index in [2.05, 4.69) is 25.5 Å². The first kappa shape index (κ1) is 14.5. The second-order valence-electron chi connectivity index (χ2n) is 5.32. The van der Waals surface area contributed by atoms with Gasteiger partial charge in [0.25, 0.3) is 11.8 Å². The molecule has 0 bridgehead atoms. The molecule has 0 spiro atoms. The van der Waals surface area contributed by atoms with Crippen molar-refractivity contribution in [3.63, 3.8) is 0 Å². The number of nitrogens with zero attached hydrogens (tertiary/aromatic N) is 5. The van der Waals surface area contributed by atoms with Gasteiger partial charge in [0.1, 0.15) is 12.2 Å². The number of halogens is 2. The predicted molar refractivity (Wildman–Crippen MR) is 85.5 cm³/mol. The summed E-state index contributed by atoms with van der Waals surface area (Å²) in [5.74, 6) is 1.81. The lowest BCUT2D eigenvalue weighted by atomic mass is 10.1. The van der Waals surface area contributed by atoms with E-state index < -0.39 is 0 Å². The Morgan fingerprint density at radius 2 is 2.04 bits per heavy atom. The third-order valence-corrected chi connectivity index (χ3v) is 4.11. The van der Waals surface area contributed by atoms with Crippen molar-refractivity contribution in [3.8, 4) is 11.5 Å². The van der Waals surface area contributed by atoms with Crippen LogP contribution in [-0.2, 0) is 13.0 Å². The van der Waals surface area contributed by atoms with Crippen LogP contribution in [0.25, 0.3) is 11.5 Å². The van der Waals surface area contributed by atoms with Crippen molar-refractivity contribution in [3.05, 3.63) is 40.4 Å². The molecule has 23 heavy (non-hydrogen) atoms. The first-order valence-corrected chi connectivity index (χ1v) is 7.86. The number of hydrogen-bond acceptors (Lipinski definition) is 6. The number of aromatic nitrogens is 5. The Morgan fingerprint density at radius 1 is 1.22 bits per heavy atom. The third kappa shape index (κ3) is 3.02. The molecule has 7 nitrogen and oxygen atoms in total. The van der Waals surface area contributed by atoms with Crippen LogP contribution in [0.15, 0.2) is 29.0 Å². The molecule has 118 valence electrons. The normalized spacial score (nSPS) is 17.0. The van der Waals surface area contributed by atoms with Crippen molar-refractivity contribution in [2.75, 3.05) is 5.32 Å². The van der Waals surface area contributed by atoms with Gasteiger partial charge in [0.05, 0.1) is 6.54 Å². The van der Waals surface area contributed by atoms with Gasteiger partial charge in [0.2, 0.25) is 0 Å².